The van der Waals surface area contributed by atoms with Gasteiger partial charge in [-0.05, 0) is 56.2 Å². The highest BCUT2D eigenvalue weighted by atomic mass is 16.5. The number of aliphatic carboxylic acids is 1. The maximum Gasteiger partial charge on any atom is 0.308 e. The molecule has 26 heavy (non-hydrogen) atoms. The van der Waals surface area contributed by atoms with Gasteiger partial charge in [-0.15, -0.1) is 0 Å². The number of carbonyl (C=O) groups is 2. The Hall–Kier alpha value is -2.24. The summed E-state index contributed by atoms with van der Waals surface area (Å²) in [5.74, 6) is -0.124. The predicted octanol–water partition coefficient (Wildman–Crippen LogP) is 3.20. The van der Waals surface area contributed by atoms with E-state index in [1.54, 1.807) is 30.2 Å². The van der Waals surface area contributed by atoms with Crippen LogP contribution in [0, 0.1) is 11.8 Å². The molecule has 0 aromatic heterocycles. The monoisotopic (exact) mass is 361 g/mol. The second-order valence-electron chi connectivity index (χ2n) is 7.48. The van der Waals surface area contributed by atoms with E-state index in [2.05, 4.69) is 0 Å². The molecule has 2 unspecified atom stereocenters. The summed E-state index contributed by atoms with van der Waals surface area (Å²) < 4.78 is 11.4. The van der Waals surface area contributed by atoms with Gasteiger partial charge in [-0.3, -0.25) is 9.59 Å². The number of amides is 1. The highest BCUT2D eigenvalue weighted by molar-refractivity contribution is 5.95. The molecule has 1 N–H and O–H groups in total. The van der Waals surface area contributed by atoms with Crippen LogP contribution < -0.4 is 9.47 Å². The smallest absolute Gasteiger partial charge is 0.308 e. The molecule has 0 bridgehead atoms. The molecule has 142 valence electrons. The van der Waals surface area contributed by atoms with E-state index in [4.69, 9.17) is 9.47 Å². The van der Waals surface area contributed by atoms with Gasteiger partial charge < -0.3 is 19.5 Å². The molecule has 2 fully saturated rings. The molecule has 1 aromatic carbocycles. The molecular formula is C20H27NO5. The summed E-state index contributed by atoms with van der Waals surface area (Å²) in [6.07, 6.45) is 5.14. The molecule has 1 aliphatic carbocycles. The minimum atomic E-state index is -0.839. The lowest BCUT2D eigenvalue weighted by molar-refractivity contribution is -0.143. The van der Waals surface area contributed by atoms with Gasteiger partial charge in [0.2, 0.25) is 0 Å². The van der Waals surface area contributed by atoms with Crippen LogP contribution in [-0.4, -0.2) is 48.2 Å². The summed E-state index contributed by atoms with van der Waals surface area (Å²) in [6.45, 7) is 2.81. The lowest BCUT2D eigenvalue weighted by atomic mass is 9.90. The molecule has 1 amide bonds. The van der Waals surface area contributed by atoms with E-state index in [1.165, 1.54) is 0 Å². The third-order valence-corrected chi connectivity index (χ3v) is 5.30. The van der Waals surface area contributed by atoms with E-state index in [0.717, 1.165) is 25.7 Å². The predicted molar refractivity (Wildman–Crippen MR) is 96.7 cm³/mol. The van der Waals surface area contributed by atoms with Crippen molar-refractivity contribution in [2.24, 2.45) is 11.8 Å². The fourth-order valence-electron chi connectivity index (χ4n) is 3.97. The van der Waals surface area contributed by atoms with Crippen LogP contribution in [0.2, 0.25) is 0 Å². The number of methoxy groups -OCH3 is 1. The number of likely N-dealkylation sites (tertiary alicyclic amines) is 1. The Morgan fingerprint density at radius 3 is 2.54 bits per heavy atom. The largest absolute Gasteiger partial charge is 0.493 e. The number of rotatable bonds is 5. The minimum Gasteiger partial charge on any atom is -0.493 e. The van der Waals surface area contributed by atoms with Gasteiger partial charge in [-0.1, -0.05) is 6.92 Å². The van der Waals surface area contributed by atoms with Crippen LogP contribution in [0.4, 0.5) is 0 Å². The SMILES string of the molecule is COc1ccc(C(=O)N2CC(C)CC(C(=O)O)C2)cc1OC1CCCC1. The first-order valence-electron chi connectivity index (χ1n) is 9.34. The Balaban J connectivity index is 1.78. The zero-order valence-corrected chi connectivity index (χ0v) is 15.4. The Bertz CT molecular complexity index is 668. The zero-order valence-electron chi connectivity index (χ0n) is 15.4. The van der Waals surface area contributed by atoms with Crippen molar-refractivity contribution in [3.05, 3.63) is 23.8 Å². The fraction of sp³-hybridized carbons (Fsp3) is 0.600. The van der Waals surface area contributed by atoms with Crippen LogP contribution in [0.15, 0.2) is 18.2 Å². The van der Waals surface area contributed by atoms with Gasteiger partial charge in [0.1, 0.15) is 0 Å². The summed E-state index contributed by atoms with van der Waals surface area (Å²) in [5.41, 5.74) is 0.511. The standard InChI is InChI=1S/C20H27NO5/c1-13-9-15(20(23)24)12-21(11-13)19(22)14-7-8-17(25-2)18(10-14)26-16-5-3-4-6-16/h7-8,10,13,15-16H,3-6,9,11-12H2,1-2H3,(H,23,24). The second kappa shape index (κ2) is 7.98. The van der Waals surface area contributed by atoms with E-state index in [9.17, 15) is 14.7 Å². The minimum absolute atomic E-state index is 0.151. The molecule has 6 nitrogen and oxygen atoms in total. The third kappa shape index (κ3) is 4.11. The quantitative estimate of drug-likeness (QED) is 0.871. The van der Waals surface area contributed by atoms with Gasteiger partial charge in [-0.25, -0.2) is 0 Å². The summed E-state index contributed by atoms with van der Waals surface area (Å²) in [4.78, 5) is 25.9. The molecule has 1 heterocycles. The van der Waals surface area contributed by atoms with Crippen LogP contribution in [0.1, 0.15) is 49.4 Å². The molecule has 0 radical (unpaired) electrons. The molecule has 1 aliphatic heterocycles. The number of benzene rings is 1. The maximum absolute atomic E-state index is 12.9. The van der Waals surface area contributed by atoms with Crippen molar-refractivity contribution < 1.29 is 24.2 Å². The Morgan fingerprint density at radius 2 is 1.88 bits per heavy atom. The molecule has 1 saturated heterocycles. The summed E-state index contributed by atoms with van der Waals surface area (Å²) in [7, 11) is 1.59. The highest BCUT2D eigenvalue weighted by Crippen LogP contribution is 2.33. The first-order chi connectivity index (χ1) is 12.5. The molecule has 1 saturated carbocycles. The normalized spacial score (nSPS) is 23.7. The van der Waals surface area contributed by atoms with Crippen LogP contribution in [0.25, 0.3) is 0 Å². The third-order valence-electron chi connectivity index (χ3n) is 5.30. The van der Waals surface area contributed by atoms with Crippen LogP contribution >= 0.6 is 0 Å². The van der Waals surface area contributed by atoms with Crippen LogP contribution in [0.5, 0.6) is 11.5 Å². The van der Waals surface area contributed by atoms with Gasteiger partial charge in [0.05, 0.1) is 19.1 Å². The van der Waals surface area contributed by atoms with E-state index in [0.29, 0.717) is 30.0 Å². The number of nitrogens with zero attached hydrogens (tertiary/aromatic N) is 1. The lowest BCUT2D eigenvalue weighted by Gasteiger charge is -2.34. The van der Waals surface area contributed by atoms with Gasteiger partial charge in [0.15, 0.2) is 11.5 Å². The molecule has 6 heteroatoms. The summed E-state index contributed by atoms with van der Waals surface area (Å²) >= 11 is 0. The van der Waals surface area contributed by atoms with Gasteiger partial charge in [-0.2, -0.15) is 0 Å². The number of carbonyl (C=O) groups excluding carboxylic acids is 1. The Kier molecular flexibility index (Phi) is 5.69. The maximum atomic E-state index is 12.9. The Labute approximate surface area is 154 Å². The average molecular weight is 361 g/mol. The topological polar surface area (TPSA) is 76.1 Å². The van der Waals surface area contributed by atoms with Gasteiger partial charge in [0.25, 0.3) is 5.91 Å². The number of carboxylic acid groups (broad SMARTS) is 1. The van der Waals surface area contributed by atoms with Crippen LogP contribution in [-0.2, 0) is 4.79 Å². The summed E-state index contributed by atoms with van der Waals surface area (Å²) in [6, 6.07) is 5.20. The van der Waals surface area contributed by atoms with Crippen molar-refractivity contribution in [2.75, 3.05) is 20.2 Å². The van der Waals surface area contributed by atoms with Crippen molar-refractivity contribution >= 4 is 11.9 Å². The highest BCUT2D eigenvalue weighted by Gasteiger charge is 2.32. The number of ether oxygens (including phenoxy) is 2. The van der Waals surface area contributed by atoms with Crippen molar-refractivity contribution in [3.63, 3.8) is 0 Å². The van der Waals surface area contributed by atoms with Gasteiger partial charge in [0, 0.05) is 18.7 Å². The first-order valence-corrected chi connectivity index (χ1v) is 9.34. The molecule has 2 aliphatic rings. The van der Waals surface area contributed by atoms with E-state index >= 15 is 0 Å². The van der Waals surface area contributed by atoms with E-state index in [-0.39, 0.29) is 24.5 Å². The molecule has 1 aromatic rings. The second-order valence-corrected chi connectivity index (χ2v) is 7.48. The number of piperidine rings is 1. The zero-order chi connectivity index (χ0) is 18.7. The van der Waals surface area contributed by atoms with Crippen molar-refractivity contribution in [3.8, 4) is 11.5 Å². The molecule has 0 spiro atoms. The number of hydrogen-bond donors (Lipinski definition) is 1. The molecule has 2 atom stereocenters. The van der Waals surface area contributed by atoms with E-state index < -0.39 is 11.9 Å². The molecule has 3 rings (SSSR count). The van der Waals surface area contributed by atoms with E-state index in [1.807, 2.05) is 6.92 Å². The number of carboxylic acids is 1. The van der Waals surface area contributed by atoms with Crippen molar-refractivity contribution in [1.82, 2.24) is 4.90 Å². The van der Waals surface area contributed by atoms with Crippen molar-refractivity contribution in [2.45, 2.75) is 45.1 Å². The lowest BCUT2D eigenvalue weighted by Crippen LogP contribution is -2.45. The number of hydrogen-bond acceptors (Lipinski definition) is 4. The van der Waals surface area contributed by atoms with Gasteiger partial charge >= 0.3 is 5.97 Å². The average Bonchev–Trinajstić information content (AvgIpc) is 3.13. The van der Waals surface area contributed by atoms with Crippen molar-refractivity contribution in [1.29, 1.82) is 0 Å². The molecular weight excluding hydrogens is 334 g/mol. The summed E-state index contributed by atoms with van der Waals surface area (Å²) in [5, 5.41) is 9.32. The van der Waals surface area contributed by atoms with Crippen LogP contribution in [0.3, 0.4) is 0 Å². The fourth-order valence-corrected chi connectivity index (χ4v) is 3.97. The Morgan fingerprint density at radius 1 is 1.15 bits per heavy atom. The first kappa shape index (κ1) is 18.5.